The molecule has 98 valence electrons. The van der Waals surface area contributed by atoms with Crippen molar-refractivity contribution in [1.82, 2.24) is 9.88 Å². The van der Waals surface area contributed by atoms with E-state index < -0.39 is 0 Å². The van der Waals surface area contributed by atoms with Gasteiger partial charge in [0.05, 0.1) is 5.56 Å². The maximum atomic E-state index is 11.0. The zero-order valence-electron chi connectivity index (χ0n) is 11.2. The van der Waals surface area contributed by atoms with Gasteiger partial charge in [-0.3, -0.25) is 4.79 Å². The van der Waals surface area contributed by atoms with Gasteiger partial charge in [0, 0.05) is 32.4 Å². The van der Waals surface area contributed by atoms with Crippen LogP contribution in [0.4, 0.5) is 5.82 Å². The number of carbonyl (C=O) groups excluding carboxylic acids is 1. The molecule has 1 aromatic heterocycles. The van der Waals surface area contributed by atoms with Crippen LogP contribution in [0.1, 0.15) is 30.1 Å². The molecule has 0 amide bonds. The van der Waals surface area contributed by atoms with E-state index in [4.69, 9.17) is 0 Å². The van der Waals surface area contributed by atoms with Crippen LogP contribution in [0.3, 0.4) is 0 Å². The largest absolute Gasteiger partial charge is 0.356 e. The van der Waals surface area contributed by atoms with E-state index in [-0.39, 0.29) is 0 Å². The summed E-state index contributed by atoms with van der Waals surface area (Å²) in [6, 6.07) is 4.12. The molecule has 0 aliphatic carbocycles. The van der Waals surface area contributed by atoms with Gasteiger partial charge in [-0.1, -0.05) is 6.92 Å². The van der Waals surface area contributed by atoms with Crippen LogP contribution in [-0.4, -0.2) is 48.9 Å². The molecule has 0 aromatic carbocycles. The Balaban J connectivity index is 2.07. The summed E-state index contributed by atoms with van der Waals surface area (Å²) < 4.78 is 0. The van der Waals surface area contributed by atoms with Crippen molar-refractivity contribution in [2.24, 2.45) is 0 Å². The molecule has 4 heteroatoms. The van der Waals surface area contributed by atoms with Gasteiger partial charge in [-0.15, -0.1) is 0 Å². The van der Waals surface area contributed by atoms with Crippen LogP contribution in [0, 0.1) is 0 Å². The number of piperidine rings is 1. The average Bonchev–Trinajstić information content (AvgIpc) is 2.46. The van der Waals surface area contributed by atoms with E-state index in [1.807, 2.05) is 13.1 Å². The molecule has 1 saturated heterocycles. The normalized spacial score (nSPS) is 17.7. The van der Waals surface area contributed by atoms with Gasteiger partial charge in [0.15, 0.2) is 6.29 Å². The fourth-order valence-corrected chi connectivity index (χ4v) is 2.59. The Bertz CT molecular complexity index is 400. The van der Waals surface area contributed by atoms with Crippen molar-refractivity contribution in [2.75, 3.05) is 31.6 Å². The summed E-state index contributed by atoms with van der Waals surface area (Å²) in [5.41, 5.74) is 0.679. The molecular weight excluding hydrogens is 226 g/mol. The lowest BCUT2D eigenvalue weighted by molar-refractivity contribution is 0.112. The summed E-state index contributed by atoms with van der Waals surface area (Å²) in [5.74, 6) is 0.808. The first-order valence-electron chi connectivity index (χ1n) is 6.61. The monoisotopic (exact) mass is 247 g/mol. The van der Waals surface area contributed by atoms with E-state index in [0.29, 0.717) is 11.6 Å². The Morgan fingerprint density at radius 2 is 2.22 bits per heavy atom. The summed E-state index contributed by atoms with van der Waals surface area (Å²) in [4.78, 5) is 20.0. The van der Waals surface area contributed by atoms with Gasteiger partial charge in [0.1, 0.15) is 5.82 Å². The Labute approximate surface area is 109 Å². The molecule has 1 fully saturated rings. The van der Waals surface area contributed by atoms with Crippen LogP contribution < -0.4 is 4.90 Å². The van der Waals surface area contributed by atoms with Crippen molar-refractivity contribution >= 4 is 12.1 Å². The van der Waals surface area contributed by atoms with E-state index in [1.54, 1.807) is 12.3 Å². The zero-order valence-corrected chi connectivity index (χ0v) is 11.2. The Morgan fingerprint density at radius 1 is 1.50 bits per heavy atom. The third-order valence-electron chi connectivity index (χ3n) is 3.83. The van der Waals surface area contributed by atoms with Crippen LogP contribution in [0.15, 0.2) is 18.3 Å². The van der Waals surface area contributed by atoms with Gasteiger partial charge < -0.3 is 9.80 Å². The number of hydrogen-bond acceptors (Lipinski definition) is 4. The second-order valence-electron chi connectivity index (χ2n) is 4.81. The minimum atomic E-state index is 0.487. The van der Waals surface area contributed by atoms with Gasteiger partial charge in [0.2, 0.25) is 0 Å². The lowest BCUT2D eigenvalue weighted by Crippen LogP contribution is -2.43. The number of carbonyl (C=O) groups is 1. The Morgan fingerprint density at radius 3 is 2.83 bits per heavy atom. The van der Waals surface area contributed by atoms with Gasteiger partial charge in [0.25, 0.3) is 0 Å². The van der Waals surface area contributed by atoms with Crippen LogP contribution in [0.2, 0.25) is 0 Å². The summed E-state index contributed by atoms with van der Waals surface area (Å²) in [6.45, 7) is 5.59. The highest BCUT2D eigenvalue weighted by atomic mass is 16.1. The number of aromatic nitrogens is 1. The van der Waals surface area contributed by atoms with E-state index >= 15 is 0 Å². The van der Waals surface area contributed by atoms with Gasteiger partial charge >= 0.3 is 0 Å². The quantitative estimate of drug-likeness (QED) is 0.760. The first-order chi connectivity index (χ1) is 8.76. The van der Waals surface area contributed by atoms with E-state index in [2.05, 4.69) is 21.7 Å². The van der Waals surface area contributed by atoms with Crippen molar-refractivity contribution in [2.45, 2.75) is 25.8 Å². The number of rotatable bonds is 4. The molecule has 1 aromatic rings. The first-order valence-corrected chi connectivity index (χ1v) is 6.61. The van der Waals surface area contributed by atoms with Crippen molar-refractivity contribution in [3.8, 4) is 0 Å². The van der Waals surface area contributed by atoms with E-state index in [9.17, 15) is 4.79 Å². The number of nitrogens with zero attached hydrogens (tertiary/aromatic N) is 3. The average molecular weight is 247 g/mol. The molecule has 0 spiro atoms. The summed E-state index contributed by atoms with van der Waals surface area (Å²) in [7, 11) is 2.04. The minimum absolute atomic E-state index is 0.487. The number of pyridine rings is 1. The van der Waals surface area contributed by atoms with Gasteiger partial charge in [-0.25, -0.2) is 4.98 Å². The molecule has 4 nitrogen and oxygen atoms in total. The van der Waals surface area contributed by atoms with Crippen LogP contribution in [0.5, 0.6) is 0 Å². The number of aldehydes is 1. The summed E-state index contributed by atoms with van der Waals surface area (Å²) >= 11 is 0. The molecule has 2 heterocycles. The Kier molecular flexibility index (Phi) is 4.31. The smallest absolute Gasteiger partial charge is 0.153 e. The maximum absolute atomic E-state index is 11.0. The molecule has 0 atom stereocenters. The van der Waals surface area contributed by atoms with Crippen molar-refractivity contribution in [1.29, 1.82) is 0 Å². The molecule has 0 unspecified atom stereocenters. The molecule has 0 bridgehead atoms. The molecule has 0 N–H and O–H groups in total. The maximum Gasteiger partial charge on any atom is 0.153 e. The van der Waals surface area contributed by atoms with Crippen LogP contribution in [-0.2, 0) is 0 Å². The SMILES string of the molecule is CCN1CCC(N(C)c2ncccc2C=O)CC1. The highest BCUT2D eigenvalue weighted by Gasteiger charge is 2.23. The molecule has 18 heavy (non-hydrogen) atoms. The fraction of sp³-hybridized carbons (Fsp3) is 0.571. The lowest BCUT2D eigenvalue weighted by Gasteiger charge is -2.37. The van der Waals surface area contributed by atoms with E-state index in [0.717, 1.165) is 44.6 Å². The molecule has 2 rings (SSSR count). The molecule has 1 aliphatic rings. The second-order valence-corrected chi connectivity index (χ2v) is 4.81. The van der Waals surface area contributed by atoms with Gasteiger partial charge in [-0.2, -0.15) is 0 Å². The van der Waals surface area contributed by atoms with Gasteiger partial charge in [-0.05, 0) is 31.5 Å². The summed E-state index contributed by atoms with van der Waals surface area (Å²) in [5, 5.41) is 0. The predicted octanol–water partition coefficient (Wildman–Crippen LogP) is 1.81. The number of likely N-dealkylation sites (tertiary alicyclic amines) is 1. The van der Waals surface area contributed by atoms with Crippen LogP contribution in [0.25, 0.3) is 0 Å². The Hall–Kier alpha value is -1.42. The summed E-state index contributed by atoms with van der Waals surface area (Å²) in [6.07, 6.45) is 4.92. The zero-order chi connectivity index (χ0) is 13.0. The molecule has 1 aliphatic heterocycles. The third kappa shape index (κ3) is 2.70. The predicted molar refractivity (Wildman–Crippen MR) is 73.2 cm³/mol. The van der Waals surface area contributed by atoms with Crippen LogP contribution >= 0.6 is 0 Å². The lowest BCUT2D eigenvalue weighted by atomic mass is 10.0. The number of anilines is 1. The highest BCUT2D eigenvalue weighted by Crippen LogP contribution is 2.22. The molecule has 0 saturated carbocycles. The number of hydrogen-bond donors (Lipinski definition) is 0. The molecule has 0 radical (unpaired) electrons. The fourth-order valence-electron chi connectivity index (χ4n) is 2.59. The van der Waals surface area contributed by atoms with E-state index in [1.165, 1.54) is 0 Å². The topological polar surface area (TPSA) is 36.4 Å². The first kappa shape index (κ1) is 13.0. The van der Waals surface area contributed by atoms with Crippen molar-refractivity contribution < 1.29 is 4.79 Å². The highest BCUT2D eigenvalue weighted by molar-refractivity contribution is 5.82. The minimum Gasteiger partial charge on any atom is -0.356 e. The second kappa shape index (κ2) is 5.96. The third-order valence-corrected chi connectivity index (χ3v) is 3.83. The standard InChI is InChI=1S/C14H21N3O/c1-3-17-9-6-13(7-10-17)16(2)14-12(11-18)5-4-8-15-14/h4-5,8,11,13H,3,6-7,9-10H2,1-2H3. The van der Waals surface area contributed by atoms with Crippen molar-refractivity contribution in [3.05, 3.63) is 23.9 Å². The van der Waals surface area contributed by atoms with Crippen molar-refractivity contribution in [3.63, 3.8) is 0 Å². The molecular formula is C14H21N3O.